The van der Waals surface area contributed by atoms with E-state index in [9.17, 15) is 18.1 Å². The standard InChI is InChI=1S/C7H16NO.C7H8O3S/c1-8(2)5-3-4-7(9)6-8;1-6-2-4-7(5-3-6)11(8,9)10/h7,9H,3-6H2,1-2H3;2-5H,1H3,(H,8,9,10)/q+1;/p-1. The highest BCUT2D eigenvalue weighted by atomic mass is 32.2. The number of aliphatic hydroxyl groups excluding tert-OH is 1. The smallest absolute Gasteiger partial charge is 0.124 e. The van der Waals surface area contributed by atoms with Gasteiger partial charge in [-0.1, -0.05) is 17.7 Å². The second kappa shape index (κ2) is 6.67. The number of aliphatic hydroxyl groups is 1. The molecule has 1 N–H and O–H groups in total. The first-order valence-electron chi connectivity index (χ1n) is 6.63. The van der Waals surface area contributed by atoms with E-state index in [0.717, 1.165) is 23.0 Å². The minimum atomic E-state index is -4.27. The van der Waals surface area contributed by atoms with Gasteiger partial charge in [-0.25, -0.2) is 8.42 Å². The molecule has 1 fully saturated rings. The van der Waals surface area contributed by atoms with E-state index in [0.29, 0.717) is 0 Å². The predicted molar refractivity (Wildman–Crippen MR) is 76.2 cm³/mol. The van der Waals surface area contributed by atoms with Crippen LogP contribution in [0.1, 0.15) is 18.4 Å². The normalized spacial score (nSPS) is 21.8. The van der Waals surface area contributed by atoms with Gasteiger partial charge in [-0.3, -0.25) is 0 Å². The minimum absolute atomic E-state index is 0.0475. The number of aryl methyl sites for hydroxylation is 1. The molecule has 6 heteroatoms. The fourth-order valence-corrected chi connectivity index (χ4v) is 2.68. The number of likely N-dealkylation sites (N-methyl/N-ethyl adjacent to an activating group) is 1. The fraction of sp³-hybridized carbons (Fsp3) is 0.571. The third-order valence-electron chi connectivity index (χ3n) is 3.32. The largest absolute Gasteiger partial charge is 0.744 e. The molecule has 0 amide bonds. The lowest BCUT2D eigenvalue weighted by atomic mass is 10.1. The average molecular weight is 301 g/mol. The number of piperidine rings is 1. The van der Waals surface area contributed by atoms with E-state index in [-0.39, 0.29) is 11.0 Å². The number of benzene rings is 1. The molecule has 1 aliphatic rings. The molecule has 2 rings (SSSR count). The number of quaternary nitrogens is 1. The SMILES string of the molecule is C[N+]1(C)CCCC(O)C1.Cc1ccc(S(=O)(=O)[O-])cc1. The van der Waals surface area contributed by atoms with Crippen molar-refractivity contribution < 1.29 is 22.6 Å². The Morgan fingerprint density at radius 3 is 2.15 bits per heavy atom. The maximum atomic E-state index is 10.4. The number of rotatable bonds is 1. The van der Waals surface area contributed by atoms with Crippen molar-refractivity contribution in [3.8, 4) is 0 Å². The van der Waals surface area contributed by atoms with Gasteiger partial charge in [0.1, 0.15) is 22.8 Å². The first-order chi connectivity index (χ1) is 9.10. The van der Waals surface area contributed by atoms with Crippen molar-refractivity contribution in [2.75, 3.05) is 27.2 Å². The molecule has 0 spiro atoms. The summed E-state index contributed by atoms with van der Waals surface area (Å²) in [6.07, 6.45) is 2.13. The molecule has 1 aromatic rings. The molecule has 1 unspecified atom stereocenters. The lowest BCUT2D eigenvalue weighted by Crippen LogP contribution is -2.49. The molecule has 0 saturated carbocycles. The lowest BCUT2D eigenvalue weighted by molar-refractivity contribution is -0.898. The second-order valence-electron chi connectivity index (χ2n) is 5.91. The molecule has 1 aliphatic heterocycles. The van der Waals surface area contributed by atoms with Gasteiger partial charge in [0.15, 0.2) is 0 Å². The molecular weight excluding hydrogens is 278 g/mol. The zero-order valence-electron chi connectivity index (χ0n) is 12.2. The second-order valence-corrected chi connectivity index (χ2v) is 7.28. The van der Waals surface area contributed by atoms with E-state index >= 15 is 0 Å². The Hall–Kier alpha value is -0.950. The van der Waals surface area contributed by atoms with Crippen LogP contribution in [-0.4, -0.2) is 55.8 Å². The summed E-state index contributed by atoms with van der Waals surface area (Å²) >= 11 is 0. The van der Waals surface area contributed by atoms with Gasteiger partial charge >= 0.3 is 0 Å². The summed E-state index contributed by atoms with van der Waals surface area (Å²) in [5.74, 6) is 0. The lowest BCUT2D eigenvalue weighted by Gasteiger charge is -2.35. The van der Waals surface area contributed by atoms with E-state index in [1.807, 2.05) is 6.92 Å². The monoisotopic (exact) mass is 301 g/mol. The Kier molecular flexibility index (Phi) is 5.70. The van der Waals surface area contributed by atoms with E-state index in [2.05, 4.69) is 14.1 Å². The molecule has 1 aromatic carbocycles. The van der Waals surface area contributed by atoms with Crippen molar-refractivity contribution in [1.29, 1.82) is 0 Å². The summed E-state index contributed by atoms with van der Waals surface area (Å²) < 4.78 is 32.2. The van der Waals surface area contributed by atoms with E-state index in [4.69, 9.17) is 0 Å². The highest BCUT2D eigenvalue weighted by Crippen LogP contribution is 2.13. The van der Waals surface area contributed by atoms with Crippen molar-refractivity contribution in [2.24, 2.45) is 0 Å². The first-order valence-corrected chi connectivity index (χ1v) is 8.04. The van der Waals surface area contributed by atoms with Gasteiger partial charge in [-0.05, 0) is 31.9 Å². The van der Waals surface area contributed by atoms with Crippen LogP contribution in [0.2, 0.25) is 0 Å². The topological polar surface area (TPSA) is 77.4 Å². The molecular formula is C14H23NO4S. The zero-order chi connectivity index (χ0) is 15.4. The molecule has 1 heterocycles. The number of hydrogen-bond donors (Lipinski definition) is 1. The van der Waals surface area contributed by atoms with Gasteiger partial charge in [-0.2, -0.15) is 0 Å². The molecule has 5 nitrogen and oxygen atoms in total. The van der Waals surface area contributed by atoms with Crippen LogP contribution in [0.4, 0.5) is 0 Å². The molecule has 0 bridgehead atoms. The van der Waals surface area contributed by atoms with Crippen LogP contribution in [-0.2, 0) is 10.1 Å². The number of nitrogens with zero attached hydrogens (tertiary/aromatic N) is 1. The molecule has 1 atom stereocenters. The van der Waals surface area contributed by atoms with Gasteiger partial charge in [0, 0.05) is 0 Å². The summed E-state index contributed by atoms with van der Waals surface area (Å²) in [5.41, 5.74) is 0.928. The van der Waals surface area contributed by atoms with Crippen LogP contribution in [0, 0.1) is 6.92 Å². The van der Waals surface area contributed by atoms with Crippen LogP contribution >= 0.6 is 0 Å². The molecule has 20 heavy (non-hydrogen) atoms. The Bertz CT molecular complexity index is 523. The summed E-state index contributed by atoms with van der Waals surface area (Å²) in [6, 6.07) is 5.78. The zero-order valence-corrected chi connectivity index (χ0v) is 13.1. The number of hydrogen-bond acceptors (Lipinski definition) is 4. The summed E-state index contributed by atoms with van der Waals surface area (Å²) in [4.78, 5) is -0.178. The Morgan fingerprint density at radius 1 is 1.25 bits per heavy atom. The quantitative estimate of drug-likeness (QED) is 0.623. The van der Waals surface area contributed by atoms with Gasteiger partial charge in [0.2, 0.25) is 0 Å². The van der Waals surface area contributed by atoms with Crippen molar-refractivity contribution >= 4 is 10.1 Å². The minimum Gasteiger partial charge on any atom is -0.744 e. The maximum Gasteiger partial charge on any atom is 0.124 e. The third kappa shape index (κ3) is 6.00. The molecule has 0 radical (unpaired) electrons. The fourth-order valence-electron chi connectivity index (χ4n) is 2.21. The third-order valence-corrected chi connectivity index (χ3v) is 4.16. The van der Waals surface area contributed by atoms with Gasteiger partial charge in [0.25, 0.3) is 0 Å². The Morgan fingerprint density at radius 2 is 1.80 bits per heavy atom. The van der Waals surface area contributed by atoms with E-state index < -0.39 is 10.1 Å². The van der Waals surface area contributed by atoms with Crippen LogP contribution in [0.25, 0.3) is 0 Å². The summed E-state index contributed by atoms with van der Waals surface area (Å²) in [7, 11) is 0.0685. The van der Waals surface area contributed by atoms with Crippen molar-refractivity contribution in [2.45, 2.75) is 30.8 Å². The van der Waals surface area contributed by atoms with Gasteiger partial charge in [0.05, 0.1) is 25.5 Å². The van der Waals surface area contributed by atoms with Crippen molar-refractivity contribution in [3.63, 3.8) is 0 Å². The van der Waals surface area contributed by atoms with Gasteiger partial charge in [-0.15, -0.1) is 0 Å². The summed E-state index contributed by atoms with van der Waals surface area (Å²) in [5, 5.41) is 9.23. The average Bonchev–Trinajstić information content (AvgIpc) is 2.27. The Balaban J connectivity index is 0.000000204. The molecule has 0 aliphatic carbocycles. The van der Waals surface area contributed by atoms with Crippen LogP contribution in [0.15, 0.2) is 29.2 Å². The highest BCUT2D eigenvalue weighted by Gasteiger charge is 2.25. The molecule has 1 saturated heterocycles. The first kappa shape index (κ1) is 17.1. The van der Waals surface area contributed by atoms with E-state index in [1.54, 1.807) is 12.1 Å². The Labute approximate surface area is 121 Å². The van der Waals surface area contributed by atoms with Gasteiger partial charge < -0.3 is 14.1 Å². The van der Waals surface area contributed by atoms with Crippen molar-refractivity contribution in [3.05, 3.63) is 29.8 Å². The van der Waals surface area contributed by atoms with Crippen molar-refractivity contribution in [1.82, 2.24) is 0 Å². The predicted octanol–water partition coefficient (Wildman–Crippen LogP) is 1.12. The number of likely N-dealkylation sites (tertiary alicyclic amines) is 1. The van der Waals surface area contributed by atoms with Crippen LogP contribution in [0.5, 0.6) is 0 Å². The van der Waals surface area contributed by atoms with Crippen LogP contribution in [0.3, 0.4) is 0 Å². The molecule has 114 valence electrons. The van der Waals surface area contributed by atoms with E-state index in [1.165, 1.54) is 25.1 Å². The molecule has 0 aromatic heterocycles. The maximum absolute atomic E-state index is 10.4. The van der Waals surface area contributed by atoms with Crippen LogP contribution < -0.4 is 0 Å². The summed E-state index contributed by atoms with van der Waals surface area (Å²) in [6.45, 7) is 3.97. The highest BCUT2D eigenvalue weighted by molar-refractivity contribution is 7.85.